The van der Waals surface area contributed by atoms with Crippen LogP contribution < -0.4 is 20.4 Å². The summed E-state index contributed by atoms with van der Waals surface area (Å²) in [6.07, 6.45) is -1.22. The molecule has 0 saturated heterocycles. The second kappa shape index (κ2) is 14.7. The molecule has 3 aromatic rings. The van der Waals surface area contributed by atoms with Crippen molar-refractivity contribution < 1.29 is 28.7 Å². The first-order valence-electron chi connectivity index (χ1n) is 15.3. The number of rotatable bonds is 8. The standard InChI is InChI=1S/C36H44Br2N4O6/c1-33(2,3)47-31(45)41(25-15-11-23(12-16-25)39-29(43)35(7,8)37)27-19-21-28(22-20-27)42(32(46)48-34(4,5)6)26-17-13-24(14-18-26)40-30(44)36(9,10)38/h11-22H,1-10H3,(H,39,43)(H,40,44). The molecular formula is C36H44Br2N4O6. The summed E-state index contributed by atoms with van der Waals surface area (Å²) in [5.41, 5.74) is 1.54. The summed E-state index contributed by atoms with van der Waals surface area (Å²) in [4.78, 5) is 54.8. The second-order valence-electron chi connectivity index (χ2n) is 14.1. The van der Waals surface area contributed by atoms with Crippen molar-refractivity contribution >= 4 is 90.0 Å². The zero-order valence-electron chi connectivity index (χ0n) is 29.0. The molecule has 0 radical (unpaired) electrons. The summed E-state index contributed by atoms with van der Waals surface area (Å²) in [7, 11) is 0. The minimum atomic E-state index is -0.770. The van der Waals surface area contributed by atoms with Crippen LogP contribution in [-0.4, -0.2) is 43.9 Å². The minimum absolute atomic E-state index is 0.216. The van der Waals surface area contributed by atoms with Crippen molar-refractivity contribution in [1.29, 1.82) is 0 Å². The summed E-state index contributed by atoms with van der Waals surface area (Å²) in [6, 6.07) is 20.4. The molecule has 3 aromatic carbocycles. The van der Waals surface area contributed by atoms with Gasteiger partial charge in [-0.3, -0.25) is 9.59 Å². The largest absolute Gasteiger partial charge is 0.443 e. The Bertz CT molecular complexity index is 1490. The monoisotopic (exact) mass is 786 g/mol. The van der Waals surface area contributed by atoms with Crippen molar-refractivity contribution in [2.45, 2.75) is 89.1 Å². The molecular weight excluding hydrogens is 744 g/mol. The van der Waals surface area contributed by atoms with Gasteiger partial charge in [0.05, 0.1) is 31.4 Å². The Morgan fingerprint density at radius 2 is 0.708 bits per heavy atom. The highest BCUT2D eigenvalue weighted by molar-refractivity contribution is 9.10. The van der Waals surface area contributed by atoms with Crippen LogP contribution >= 0.6 is 31.9 Å². The molecule has 2 N–H and O–H groups in total. The third-order valence-electron chi connectivity index (χ3n) is 6.36. The number of ether oxygens (including phenoxy) is 2. The third-order valence-corrected chi connectivity index (χ3v) is 7.09. The van der Waals surface area contributed by atoms with Crippen molar-refractivity contribution in [2.75, 3.05) is 20.4 Å². The van der Waals surface area contributed by atoms with E-state index in [0.717, 1.165) is 0 Å². The first kappa shape index (κ1) is 38.5. The number of amides is 4. The van der Waals surface area contributed by atoms with E-state index in [0.29, 0.717) is 34.1 Å². The van der Waals surface area contributed by atoms with Gasteiger partial charge < -0.3 is 20.1 Å². The van der Waals surface area contributed by atoms with Crippen LogP contribution in [0.2, 0.25) is 0 Å². The Hall–Kier alpha value is -3.90. The quantitative estimate of drug-likeness (QED) is 0.220. The number of nitrogens with one attached hydrogen (secondary N) is 2. The fourth-order valence-corrected chi connectivity index (χ4v) is 4.23. The Morgan fingerprint density at radius 3 is 0.917 bits per heavy atom. The van der Waals surface area contributed by atoms with E-state index in [2.05, 4.69) is 42.5 Å². The maximum absolute atomic E-state index is 13.5. The van der Waals surface area contributed by atoms with Crippen molar-refractivity contribution in [1.82, 2.24) is 0 Å². The smallest absolute Gasteiger partial charge is 0.419 e. The lowest BCUT2D eigenvalue weighted by Crippen LogP contribution is -2.34. The average Bonchev–Trinajstić information content (AvgIpc) is 2.93. The molecule has 258 valence electrons. The molecule has 0 fully saturated rings. The number of hydrogen-bond donors (Lipinski definition) is 2. The number of benzene rings is 3. The topological polar surface area (TPSA) is 117 Å². The molecule has 0 saturated carbocycles. The number of halogens is 2. The van der Waals surface area contributed by atoms with Crippen LogP contribution in [0.25, 0.3) is 0 Å². The number of nitrogens with zero attached hydrogens (tertiary/aromatic N) is 2. The van der Waals surface area contributed by atoms with Crippen LogP contribution in [0.15, 0.2) is 72.8 Å². The summed E-state index contributed by atoms with van der Waals surface area (Å²) in [6.45, 7) is 17.7. The van der Waals surface area contributed by atoms with E-state index in [1.54, 1.807) is 142 Å². The van der Waals surface area contributed by atoms with Crippen LogP contribution in [0.3, 0.4) is 0 Å². The number of alkyl halides is 2. The van der Waals surface area contributed by atoms with Crippen molar-refractivity contribution in [3.8, 4) is 0 Å². The van der Waals surface area contributed by atoms with E-state index < -0.39 is 32.0 Å². The molecule has 4 amide bonds. The molecule has 0 aromatic heterocycles. The molecule has 12 heteroatoms. The first-order chi connectivity index (χ1) is 21.9. The summed E-state index contributed by atoms with van der Waals surface area (Å²) >= 11 is 6.72. The normalized spacial score (nSPS) is 12.1. The van der Waals surface area contributed by atoms with E-state index in [-0.39, 0.29) is 11.8 Å². The van der Waals surface area contributed by atoms with Gasteiger partial charge >= 0.3 is 12.2 Å². The minimum Gasteiger partial charge on any atom is -0.443 e. The van der Waals surface area contributed by atoms with Crippen molar-refractivity contribution in [3.05, 3.63) is 72.8 Å². The molecule has 0 aliphatic heterocycles. The molecule has 48 heavy (non-hydrogen) atoms. The Kier molecular flexibility index (Phi) is 11.8. The zero-order chi connectivity index (χ0) is 36.2. The SMILES string of the molecule is CC(C)(C)OC(=O)N(c1ccc(NC(=O)C(C)(C)Br)cc1)c1ccc(N(C(=O)OC(C)(C)C)c2ccc(NC(=O)C(C)(C)Br)cc2)cc1. The molecule has 0 spiro atoms. The van der Waals surface area contributed by atoms with Gasteiger partial charge in [-0.2, -0.15) is 0 Å². The number of anilines is 6. The highest BCUT2D eigenvalue weighted by Gasteiger charge is 2.29. The molecule has 10 nitrogen and oxygen atoms in total. The molecule has 0 aliphatic rings. The fraction of sp³-hybridized carbons (Fsp3) is 0.389. The van der Waals surface area contributed by atoms with Gasteiger partial charge in [-0.15, -0.1) is 0 Å². The molecule has 0 unspecified atom stereocenters. The van der Waals surface area contributed by atoms with Gasteiger partial charge in [0, 0.05) is 11.4 Å². The lowest BCUT2D eigenvalue weighted by Gasteiger charge is -2.29. The zero-order valence-corrected chi connectivity index (χ0v) is 32.2. The maximum atomic E-state index is 13.5. The van der Waals surface area contributed by atoms with Crippen molar-refractivity contribution in [3.63, 3.8) is 0 Å². The predicted octanol–water partition coefficient (Wildman–Crippen LogP) is 10.1. The van der Waals surface area contributed by atoms with Gasteiger partial charge in [0.25, 0.3) is 0 Å². The Morgan fingerprint density at radius 1 is 0.479 bits per heavy atom. The van der Waals surface area contributed by atoms with Crippen LogP contribution in [0.1, 0.15) is 69.2 Å². The Balaban J connectivity index is 2.01. The third kappa shape index (κ3) is 11.1. The second-order valence-corrected chi connectivity index (χ2v) is 18.1. The molecule has 0 aliphatic carbocycles. The van der Waals surface area contributed by atoms with Crippen LogP contribution in [0.4, 0.5) is 43.7 Å². The maximum Gasteiger partial charge on any atom is 0.419 e. The number of carbonyl (C=O) groups is 4. The summed E-state index contributed by atoms with van der Waals surface area (Å²) in [5.74, 6) is -0.432. The molecule has 0 bridgehead atoms. The first-order valence-corrected chi connectivity index (χ1v) is 16.9. The van der Waals surface area contributed by atoms with Crippen molar-refractivity contribution in [2.24, 2.45) is 0 Å². The summed E-state index contributed by atoms with van der Waals surface area (Å²) in [5, 5.41) is 5.69. The molecule has 3 rings (SSSR count). The average molecular weight is 789 g/mol. The highest BCUT2D eigenvalue weighted by Crippen LogP contribution is 2.34. The predicted molar refractivity (Wildman–Crippen MR) is 199 cm³/mol. The molecule has 0 heterocycles. The fourth-order valence-electron chi connectivity index (χ4n) is 4.03. The van der Waals surface area contributed by atoms with Gasteiger partial charge in [0.1, 0.15) is 11.2 Å². The van der Waals surface area contributed by atoms with Crippen LogP contribution in [0, 0.1) is 0 Å². The van der Waals surface area contributed by atoms with Crippen LogP contribution in [-0.2, 0) is 19.1 Å². The van der Waals surface area contributed by atoms with E-state index in [1.165, 1.54) is 9.80 Å². The van der Waals surface area contributed by atoms with Gasteiger partial charge in [0.2, 0.25) is 11.8 Å². The summed E-state index contributed by atoms with van der Waals surface area (Å²) < 4.78 is 9.97. The van der Waals surface area contributed by atoms with Crippen LogP contribution in [0.5, 0.6) is 0 Å². The molecule has 0 atom stereocenters. The van der Waals surface area contributed by atoms with Gasteiger partial charge in [-0.05, 0) is 142 Å². The van der Waals surface area contributed by atoms with E-state index >= 15 is 0 Å². The number of carbonyl (C=O) groups excluding carboxylic acids is 4. The van der Waals surface area contributed by atoms with Gasteiger partial charge in [0.15, 0.2) is 0 Å². The number of hydrogen-bond acceptors (Lipinski definition) is 6. The van der Waals surface area contributed by atoms with E-state index in [9.17, 15) is 19.2 Å². The lowest BCUT2D eigenvalue weighted by atomic mass is 10.1. The van der Waals surface area contributed by atoms with Gasteiger partial charge in [-0.1, -0.05) is 31.9 Å². The van der Waals surface area contributed by atoms with Gasteiger partial charge in [-0.25, -0.2) is 19.4 Å². The van der Waals surface area contributed by atoms with E-state index in [4.69, 9.17) is 9.47 Å². The Labute approximate surface area is 299 Å². The lowest BCUT2D eigenvalue weighted by molar-refractivity contribution is -0.118. The highest BCUT2D eigenvalue weighted by atomic mass is 79.9. The van der Waals surface area contributed by atoms with E-state index in [1.807, 2.05) is 0 Å².